The summed E-state index contributed by atoms with van der Waals surface area (Å²) in [5, 5.41) is 13.0. The number of hydrogen-bond acceptors (Lipinski definition) is 4. The number of ether oxygens (including phenoxy) is 1. The van der Waals surface area contributed by atoms with Crippen LogP contribution in [-0.2, 0) is 7.05 Å². The van der Waals surface area contributed by atoms with Crippen molar-refractivity contribution in [3.8, 4) is 11.6 Å². The van der Waals surface area contributed by atoms with Crippen LogP contribution >= 0.6 is 0 Å². The van der Waals surface area contributed by atoms with E-state index in [1.807, 2.05) is 20.9 Å². The highest BCUT2D eigenvalue weighted by Gasteiger charge is 2.12. The fourth-order valence-corrected chi connectivity index (χ4v) is 1.57. The number of hydrogen-bond donors (Lipinski definition) is 1. The van der Waals surface area contributed by atoms with E-state index in [0.29, 0.717) is 11.6 Å². The minimum atomic E-state index is -1.01. The van der Waals surface area contributed by atoms with E-state index >= 15 is 0 Å². The van der Waals surface area contributed by atoms with Crippen LogP contribution < -0.4 is 4.74 Å². The number of aromatic nitrogens is 3. The lowest BCUT2D eigenvalue weighted by molar-refractivity contribution is 0.0696. The van der Waals surface area contributed by atoms with Gasteiger partial charge in [-0.2, -0.15) is 5.10 Å². The first-order valence-corrected chi connectivity index (χ1v) is 5.36. The zero-order chi connectivity index (χ0) is 13.3. The minimum absolute atomic E-state index is 0.127. The lowest BCUT2D eigenvalue weighted by Gasteiger charge is -2.04. The van der Waals surface area contributed by atoms with Gasteiger partial charge in [-0.3, -0.25) is 4.68 Å². The third kappa shape index (κ3) is 2.17. The van der Waals surface area contributed by atoms with Crippen molar-refractivity contribution >= 4 is 5.97 Å². The fraction of sp³-hybridized carbons (Fsp3) is 0.250. The Morgan fingerprint density at radius 1 is 1.39 bits per heavy atom. The maximum atomic E-state index is 10.7. The number of nitrogens with zero attached hydrogens (tertiary/aromatic N) is 3. The van der Waals surface area contributed by atoms with E-state index in [-0.39, 0.29) is 5.56 Å². The molecule has 0 aliphatic rings. The molecule has 0 aromatic carbocycles. The minimum Gasteiger partial charge on any atom is -0.478 e. The van der Waals surface area contributed by atoms with E-state index < -0.39 is 5.97 Å². The van der Waals surface area contributed by atoms with Gasteiger partial charge in [-0.05, 0) is 19.9 Å². The van der Waals surface area contributed by atoms with Crippen LogP contribution in [0.2, 0.25) is 0 Å². The summed E-state index contributed by atoms with van der Waals surface area (Å²) in [4.78, 5) is 14.6. The molecule has 2 aromatic heterocycles. The van der Waals surface area contributed by atoms with Crippen molar-refractivity contribution < 1.29 is 14.6 Å². The second-order valence-corrected chi connectivity index (χ2v) is 3.92. The summed E-state index contributed by atoms with van der Waals surface area (Å²) in [5.74, 6) is -0.0185. The van der Waals surface area contributed by atoms with Gasteiger partial charge in [0.1, 0.15) is 5.69 Å². The molecule has 94 valence electrons. The predicted octanol–water partition coefficient (Wildman–Crippen LogP) is 1.92. The van der Waals surface area contributed by atoms with Gasteiger partial charge in [0.2, 0.25) is 5.88 Å². The van der Waals surface area contributed by atoms with Crippen molar-refractivity contribution in [1.29, 1.82) is 0 Å². The molecule has 0 fully saturated rings. The van der Waals surface area contributed by atoms with Gasteiger partial charge in [0, 0.05) is 19.3 Å². The molecule has 6 heteroatoms. The summed E-state index contributed by atoms with van der Waals surface area (Å²) >= 11 is 0. The van der Waals surface area contributed by atoms with Crippen LogP contribution in [0.5, 0.6) is 11.6 Å². The molecule has 6 nitrogen and oxygen atoms in total. The van der Waals surface area contributed by atoms with Crippen molar-refractivity contribution in [2.45, 2.75) is 13.8 Å². The van der Waals surface area contributed by atoms with Crippen molar-refractivity contribution in [3.63, 3.8) is 0 Å². The fourth-order valence-electron chi connectivity index (χ4n) is 1.57. The summed E-state index contributed by atoms with van der Waals surface area (Å²) in [6.07, 6.45) is 1.26. The van der Waals surface area contributed by atoms with E-state index in [9.17, 15) is 4.79 Å². The van der Waals surface area contributed by atoms with Gasteiger partial charge in [0.05, 0.1) is 11.3 Å². The summed E-state index contributed by atoms with van der Waals surface area (Å²) in [5.41, 5.74) is 1.78. The van der Waals surface area contributed by atoms with Gasteiger partial charge in [-0.1, -0.05) is 0 Å². The quantitative estimate of drug-likeness (QED) is 0.896. The number of carbonyl (C=O) groups is 1. The second-order valence-electron chi connectivity index (χ2n) is 3.92. The molecule has 18 heavy (non-hydrogen) atoms. The van der Waals surface area contributed by atoms with E-state index in [1.54, 1.807) is 4.68 Å². The van der Waals surface area contributed by atoms with Gasteiger partial charge in [0.15, 0.2) is 5.75 Å². The van der Waals surface area contributed by atoms with Gasteiger partial charge in [-0.15, -0.1) is 0 Å². The average Bonchev–Trinajstić information content (AvgIpc) is 2.57. The molecule has 0 amide bonds. The van der Waals surface area contributed by atoms with E-state index in [2.05, 4.69) is 10.1 Å². The van der Waals surface area contributed by atoms with Crippen LogP contribution in [0.15, 0.2) is 18.3 Å². The molecule has 0 aliphatic carbocycles. The Balaban J connectivity index is 2.26. The van der Waals surface area contributed by atoms with E-state index in [4.69, 9.17) is 9.84 Å². The summed E-state index contributed by atoms with van der Waals surface area (Å²) in [7, 11) is 1.83. The van der Waals surface area contributed by atoms with Crippen LogP contribution in [0.25, 0.3) is 0 Å². The van der Waals surface area contributed by atoms with Gasteiger partial charge in [-0.25, -0.2) is 9.78 Å². The Kier molecular flexibility index (Phi) is 3.01. The smallest absolute Gasteiger partial charge is 0.337 e. The molecular weight excluding hydrogens is 234 g/mol. The van der Waals surface area contributed by atoms with Crippen LogP contribution in [0.1, 0.15) is 21.7 Å². The summed E-state index contributed by atoms with van der Waals surface area (Å²) in [6.45, 7) is 3.73. The Bertz CT molecular complexity index is 587. The van der Waals surface area contributed by atoms with Crippen LogP contribution in [0, 0.1) is 13.8 Å². The van der Waals surface area contributed by atoms with E-state index in [0.717, 1.165) is 11.4 Å². The van der Waals surface area contributed by atoms with Gasteiger partial charge in [0.25, 0.3) is 0 Å². The lowest BCUT2D eigenvalue weighted by Crippen LogP contribution is -1.98. The Hall–Kier alpha value is -2.37. The molecule has 0 atom stereocenters. The molecule has 0 saturated heterocycles. The maximum absolute atomic E-state index is 10.7. The molecule has 2 heterocycles. The number of carboxylic acids is 1. The highest BCUT2D eigenvalue weighted by atomic mass is 16.5. The molecule has 0 radical (unpaired) electrons. The average molecular weight is 247 g/mol. The number of carboxylic acid groups (broad SMARTS) is 1. The Labute approximate surface area is 104 Å². The normalized spacial score (nSPS) is 10.4. The predicted molar refractivity (Wildman–Crippen MR) is 64.0 cm³/mol. The molecule has 0 unspecified atom stereocenters. The van der Waals surface area contributed by atoms with Crippen molar-refractivity contribution in [3.05, 3.63) is 35.3 Å². The topological polar surface area (TPSA) is 77.2 Å². The first-order valence-electron chi connectivity index (χ1n) is 5.36. The molecule has 2 rings (SSSR count). The third-order valence-electron chi connectivity index (χ3n) is 2.63. The summed E-state index contributed by atoms with van der Waals surface area (Å²) < 4.78 is 7.33. The first-order chi connectivity index (χ1) is 8.49. The monoisotopic (exact) mass is 247 g/mol. The van der Waals surface area contributed by atoms with Crippen LogP contribution in [-0.4, -0.2) is 25.8 Å². The third-order valence-corrected chi connectivity index (χ3v) is 2.63. The van der Waals surface area contributed by atoms with Gasteiger partial charge >= 0.3 is 5.97 Å². The number of aromatic carboxylic acids is 1. The highest BCUT2D eigenvalue weighted by molar-refractivity contribution is 5.87. The molecule has 0 spiro atoms. The standard InChI is InChI=1S/C12H13N3O3/c1-7-11(8(2)15(3)14-7)18-10-5-4-9(6-13-10)12(16)17/h4-6H,1-3H3,(H,16,17). The van der Waals surface area contributed by atoms with Crippen molar-refractivity contribution in [2.24, 2.45) is 7.05 Å². The zero-order valence-corrected chi connectivity index (χ0v) is 10.3. The maximum Gasteiger partial charge on any atom is 0.337 e. The Morgan fingerprint density at radius 2 is 2.11 bits per heavy atom. The molecule has 0 saturated carbocycles. The molecule has 0 bridgehead atoms. The lowest BCUT2D eigenvalue weighted by atomic mass is 10.3. The molecule has 2 aromatic rings. The largest absolute Gasteiger partial charge is 0.478 e. The second kappa shape index (κ2) is 4.48. The number of pyridine rings is 1. The SMILES string of the molecule is Cc1nn(C)c(C)c1Oc1ccc(C(=O)O)cn1. The molecule has 0 aliphatic heterocycles. The van der Waals surface area contributed by atoms with Crippen molar-refractivity contribution in [1.82, 2.24) is 14.8 Å². The highest BCUT2D eigenvalue weighted by Crippen LogP contribution is 2.26. The van der Waals surface area contributed by atoms with E-state index in [1.165, 1.54) is 18.3 Å². The summed E-state index contributed by atoms with van der Waals surface area (Å²) in [6, 6.07) is 2.97. The number of aryl methyl sites for hydroxylation is 2. The zero-order valence-electron chi connectivity index (χ0n) is 10.3. The first kappa shape index (κ1) is 12.1. The van der Waals surface area contributed by atoms with Crippen LogP contribution in [0.4, 0.5) is 0 Å². The van der Waals surface area contributed by atoms with Crippen molar-refractivity contribution in [2.75, 3.05) is 0 Å². The molecular formula is C12H13N3O3. The Morgan fingerprint density at radius 3 is 2.56 bits per heavy atom. The molecule has 1 N–H and O–H groups in total. The number of rotatable bonds is 3. The van der Waals surface area contributed by atoms with Gasteiger partial charge < -0.3 is 9.84 Å². The van der Waals surface area contributed by atoms with Crippen LogP contribution in [0.3, 0.4) is 0 Å².